The van der Waals surface area contributed by atoms with E-state index in [2.05, 4.69) is 32.5 Å². The van der Waals surface area contributed by atoms with Crippen LogP contribution in [-0.4, -0.2) is 79.0 Å². The van der Waals surface area contributed by atoms with E-state index in [4.69, 9.17) is 23.9 Å². The van der Waals surface area contributed by atoms with Crippen LogP contribution in [0.4, 0.5) is 20.8 Å². The number of fused-ring (bicyclic) bond motifs is 1. The Labute approximate surface area is 280 Å². The fourth-order valence-electron chi connectivity index (χ4n) is 5.63. The zero-order chi connectivity index (χ0) is 33.6. The van der Waals surface area contributed by atoms with Crippen LogP contribution in [-0.2, 0) is 6.54 Å². The molecule has 2 N–H and O–H groups in total. The Balaban J connectivity index is 1.14. The quantitative estimate of drug-likeness (QED) is 0.187. The molecule has 2 aliphatic heterocycles. The Morgan fingerprint density at radius 1 is 0.938 bits per heavy atom. The molecule has 12 heteroatoms. The zero-order valence-corrected chi connectivity index (χ0v) is 27.8. The first kappa shape index (κ1) is 33.0. The standard InChI is InChI=1S/C36H41FN6O5/c1-23-6-9-28(25(3)24(23)2)30-20-34(48-36(44)38-21-26-7-10-32-33(18-26)47-22-46-32)41-35(40-30)39-27-8-11-31(29(37)19-27)45-17-5-12-43-15-13-42(4)14-16-43/h6-11,18-20H,5,12-17,21-22H2,1-4H3,(H,38,44)(H,39,40,41). The van der Waals surface area contributed by atoms with Gasteiger partial charge in [-0.3, -0.25) is 0 Å². The van der Waals surface area contributed by atoms with E-state index in [1.54, 1.807) is 30.3 Å². The van der Waals surface area contributed by atoms with Crippen molar-refractivity contribution < 1.29 is 28.1 Å². The molecule has 0 saturated carbocycles. The average molecular weight is 657 g/mol. The van der Waals surface area contributed by atoms with Crippen LogP contribution in [0.2, 0.25) is 0 Å². The van der Waals surface area contributed by atoms with E-state index in [9.17, 15) is 4.79 Å². The van der Waals surface area contributed by atoms with Crippen molar-refractivity contribution in [2.24, 2.45) is 0 Å². The summed E-state index contributed by atoms with van der Waals surface area (Å²) in [5, 5.41) is 5.81. The first-order valence-corrected chi connectivity index (χ1v) is 16.1. The third-order valence-electron chi connectivity index (χ3n) is 8.77. The molecule has 3 heterocycles. The first-order valence-electron chi connectivity index (χ1n) is 16.1. The molecule has 2 aliphatic rings. The Morgan fingerprint density at radius 2 is 1.75 bits per heavy atom. The molecule has 252 valence electrons. The number of carbonyl (C=O) groups is 1. The Hall–Kier alpha value is -4.94. The lowest BCUT2D eigenvalue weighted by molar-refractivity contribution is 0.145. The SMILES string of the molecule is Cc1ccc(-c2cc(OC(=O)NCc3ccc4c(c3)OCO4)nc(Nc3ccc(OCCCN4CCN(C)CC4)c(F)c3)n2)c(C)c1C. The molecular weight excluding hydrogens is 615 g/mol. The third-order valence-corrected chi connectivity index (χ3v) is 8.77. The number of hydrogen-bond donors (Lipinski definition) is 2. The molecule has 0 unspecified atom stereocenters. The van der Waals surface area contributed by atoms with Crippen LogP contribution in [0.25, 0.3) is 11.3 Å². The molecule has 0 atom stereocenters. The number of aromatic nitrogens is 2. The topological polar surface area (TPSA) is 110 Å². The smallest absolute Gasteiger partial charge is 0.414 e. The third kappa shape index (κ3) is 8.12. The molecule has 11 nitrogen and oxygen atoms in total. The number of ether oxygens (including phenoxy) is 4. The van der Waals surface area contributed by atoms with Gasteiger partial charge in [0.05, 0.1) is 12.3 Å². The summed E-state index contributed by atoms with van der Waals surface area (Å²) < 4.78 is 37.2. The number of benzene rings is 3. The number of piperazine rings is 1. The lowest BCUT2D eigenvalue weighted by Gasteiger charge is -2.32. The van der Waals surface area contributed by atoms with E-state index in [-0.39, 0.29) is 30.9 Å². The largest absolute Gasteiger partial charge is 0.490 e. The predicted octanol–water partition coefficient (Wildman–Crippen LogP) is 5.99. The van der Waals surface area contributed by atoms with Gasteiger partial charge in [0, 0.05) is 62.7 Å². The summed E-state index contributed by atoms with van der Waals surface area (Å²) in [7, 11) is 2.13. The zero-order valence-electron chi connectivity index (χ0n) is 27.8. The lowest BCUT2D eigenvalue weighted by Crippen LogP contribution is -2.44. The summed E-state index contributed by atoms with van der Waals surface area (Å²) in [6.07, 6.45) is 0.120. The highest BCUT2D eigenvalue weighted by Gasteiger charge is 2.17. The number of nitrogens with one attached hydrogen (secondary N) is 2. The summed E-state index contributed by atoms with van der Waals surface area (Å²) in [6.45, 7) is 12.0. The minimum absolute atomic E-state index is 0.0316. The molecule has 0 bridgehead atoms. The van der Waals surface area contributed by atoms with Gasteiger partial charge in [0.15, 0.2) is 23.1 Å². The lowest BCUT2D eigenvalue weighted by atomic mass is 9.97. The summed E-state index contributed by atoms with van der Waals surface area (Å²) in [5.74, 6) is 1.14. The van der Waals surface area contributed by atoms with Crippen LogP contribution in [0.15, 0.2) is 54.6 Å². The number of carbonyl (C=O) groups excluding carboxylic acids is 1. The van der Waals surface area contributed by atoms with Gasteiger partial charge in [-0.15, -0.1) is 0 Å². The van der Waals surface area contributed by atoms with Gasteiger partial charge in [0.1, 0.15) is 0 Å². The van der Waals surface area contributed by atoms with E-state index < -0.39 is 11.9 Å². The number of rotatable bonds is 11. The van der Waals surface area contributed by atoms with E-state index in [0.717, 1.165) is 67.0 Å². The van der Waals surface area contributed by atoms with Crippen molar-refractivity contribution in [3.63, 3.8) is 0 Å². The molecule has 1 fully saturated rings. The van der Waals surface area contributed by atoms with Gasteiger partial charge in [0.25, 0.3) is 0 Å². The molecule has 0 radical (unpaired) electrons. The molecule has 3 aromatic carbocycles. The maximum absolute atomic E-state index is 15.1. The first-order chi connectivity index (χ1) is 23.2. The van der Waals surface area contributed by atoms with Crippen LogP contribution in [0.5, 0.6) is 23.1 Å². The fourth-order valence-corrected chi connectivity index (χ4v) is 5.63. The van der Waals surface area contributed by atoms with Crippen molar-refractivity contribution in [1.29, 1.82) is 0 Å². The van der Waals surface area contributed by atoms with Crippen LogP contribution in [0.1, 0.15) is 28.7 Å². The van der Waals surface area contributed by atoms with Gasteiger partial charge < -0.3 is 39.4 Å². The minimum atomic E-state index is -0.694. The number of amides is 1. The molecule has 0 aliphatic carbocycles. The van der Waals surface area contributed by atoms with Crippen LogP contribution in [0, 0.1) is 26.6 Å². The van der Waals surface area contributed by atoms with Gasteiger partial charge in [-0.2, -0.15) is 4.98 Å². The number of aryl methyl sites for hydroxylation is 1. The Morgan fingerprint density at radius 3 is 2.56 bits per heavy atom. The second-order valence-corrected chi connectivity index (χ2v) is 12.1. The average Bonchev–Trinajstić information content (AvgIpc) is 3.54. The van der Waals surface area contributed by atoms with E-state index in [0.29, 0.717) is 29.5 Å². The van der Waals surface area contributed by atoms with E-state index in [1.807, 2.05) is 39.0 Å². The number of nitrogens with zero attached hydrogens (tertiary/aromatic N) is 4. The Bertz CT molecular complexity index is 1780. The van der Waals surface area contributed by atoms with Gasteiger partial charge in [-0.1, -0.05) is 18.2 Å². The normalized spacial score (nSPS) is 14.5. The van der Waals surface area contributed by atoms with Crippen LogP contribution >= 0.6 is 0 Å². The van der Waals surface area contributed by atoms with Crippen molar-refractivity contribution >= 4 is 17.7 Å². The Kier molecular flexibility index (Phi) is 10.2. The number of anilines is 2. The van der Waals surface area contributed by atoms with E-state index in [1.165, 1.54) is 6.07 Å². The second kappa shape index (κ2) is 14.9. The highest BCUT2D eigenvalue weighted by atomic mass is 19.1. The van der Waals surface area contributed by atoms with Gasteiger partial charge in [-0.25, -0.2) is 14.2 Å². The molecule has 1 amide bonds. The minimum Gasteiger partial charge on any atom is -0.490 e. The van der Waals surface area contributed by atoms with Gasteiger partial charge in [0.2, 0.25) is 18.6 Å². The maximum Gasteiger partial charge on any atom is 0.414 e. The van der Waals surface area contributed by atoms with Crippen LogP contribution < -0.4 is 29.6 Å². The highest BCUT2D eigenvalue weighted by Crippen LogP contribution is 2.33. The molecule has 1 saturated heterocycles. The number of likely N-dealkylation sites (N-methyl/N-ethyl adjacent to an activating group) is 1. The maximum atomic E-state index is 15.1. The summed E-state index contributed by atoms with van der Waals surface area (Å²) in [6, 6.07) is 15.7. The molecule has 1 aromatic heterocycles. The molecule has 4 aromatic rings. The number of halogens is 1. The summed E-state index contributed by atoms with van der Waals surface area (Å²) in [4.78, 5) is 26.7. The van der Waals surface area contributed by atoms with Crippen LogP contribution in [0.3, 0.4) is 0 Å². The van der Waals surface area contributed by atoms with Gasteiger partial charge in [-0.05, 0) is 80.8 Å². The number of hydrogen-bond acceptors (Lipinski definition) is 10. The van der Waals surface area contributed by atoms with Gasteiger partial charge >= 0.3 is 6.09 Å². The van der Waals surface area contributed by atoms with E-state index >= 15 is 4.39 Å². The summed E-state index contributed by atoms with van der Waals surface area (Å²) in [5.41, 5.74) is 5.97. The monoisotopic (exact) mass is 656 g/mol. The highest BCUT2D eigenvalue weighted by molar-refractivity contribution is 5.73. The van der Waals surface area contributed by atoms with Crippen molar-refractivity contribution in [3.05, 3.63) is 82.7 Å². The van der Waals surface area contributed by atoms with Crippen molar-refractivity contribution in [3.8, 4) is 34.4 Å². The summed E-state index contributed by atoms with van der Waals surface area (Å²) >= 11 is 0. The second-order valence-electron chi connectivity index (χ2n) is 12.1. The van der Waals surface area contributed by atoms with Crippen molar-refractivity contribution in [1.82, 2.24) is 25.1 Å². The molecule has 48 heavy (non-hydrogen) atoms. The molecular formula is C36H41FN6O5. The molecule has 0 spiro atoms. The molecule has 6 rings (SSSR count). The predicted molar refractivity (Wildman–Crippen MR) is 181 cm³/mol. The van der Waals surface area contributed by atoms with Crippen molar-refractivity contribution in [2.45, 2.75) is 33.7 Å². The fraction of sp³-hybridized carbons (Fsp3) is 0.361. The van der Waals surface area contributed by atoms with Crippen molar-refractivity contribution in [2.75, 3.05) is 58.5 Å².